The molecule has 0 saturated carbocycles. The van der Waals surface area contributed by atoms with Crippen LogP contribution >= 0.6 is 11.6 Å². The summed E-state index contributed by atoms with van der Waals surface area (Å²) in [5.74, 6) is 0.172. The lowest BCUT2D eigenvalue weighted by Gasteiger charge is -2.08. The van der Waals surface area contributed by atoms with Gasteiger partial charge < -0.3 is 10.6 Å². The molecule has 0 fully saturated rings. The molecule has 1 aromatic carbocycles. The molecular formula is C19H18ClN5O. The van der Waals surface area contributed by atoms with Gasteiger partial charge in [-0.05, 0) is 47.9 Å². The molecule has 7 heteroatoms. The highest BCUT2D eigenvalue weighted by molar-refractivity contribution is 6.30. The highest BCUT2D eigenvalue weighted by Crippen LogP contribution is 2.11. The fourth-order valence-electron chi connectivity index (χ4n) is 2.35. The van der Waals surface area contributed by atoms with Crippen molar-refractivity contribution in [1.29, 1.82) is 0 Å². The Balaban J connectivity index is 1.53. The van der Waals surface area contributed by atoms with E-state index in [2.05, 4.69) is 25.6 Å². The standard InChI is InChI=1S/C19H18ClN5O/c20-16-3-1-2-14(12-16)6-10-22-19-23-11-7-17(25-19)18(26)24-13-15-4-8-21-9-5-15/h1-5,7-9,11-12H,6,10,13H2,(H,24,26)(H,22,23,25). The molecule has 0 aliphatic carbocycles. The van der Waals surface area contributed by atoms with Crippen LogP contribution in [0.15, 0.2) is 61.1 Å². The monoisotopic (exact) mass is 367 g/mol. The van der Waals surface area contributed by atoms with Crippen LogP contribution in [0, 0.1) is 0 Å². The summed E-state index contributed by atoms with van der Waals surface area (Å²) in [7, 11) is 0. The minimum absolute atomic E-state index is 0.248. The lowest BCUT2D eigenvalue weighted by molar-refractivity contribution is 0.0946. The number of nitrogens with one attached hydrogen (secondary N) is 2. The number of pyridine rings is 1. The first-order chi connectivity index (χ1) is 12.7. The predicted molar refractivity (Wildman–Crippen MR) is 101 cm³/mol. The Hall–Kier alpha value is -2.99. The van der Waals surface area contributed by atoms with Crippen molar-refractivity contribution in [3.63, 3.8) is 0 Å². The number of carbonyl (C=O) groups is 1. The maximum Gasteiger partial charge on any atom is 0.270 e. The van der Waals surface area contributed by atoms with Crippen molar-refractivity contribution in [3.8, 4) is 0 Å². The number of amides is 1. The Morgan fingerprint density at radius 2 is 1.88 bits per heavy atom. The van der Waals surface area contributed by atoms with Crippen molar-refractivity contribution in [2.75, 3.05) is 11.9 Å². The summed E-state index contributed by atoms with van der Waals surface area (Å²) < 4.78 is 0. The van der Waals surface area contributed by atoms with Gasteiger partial charge in [-0.1, -0.05) is 23.7 Å². The molecule has 3 rings (SSSR count). The fraction of sp³-hybridized carbons (Fsp3) is 0.158. The first-order valence-electron chi connectivity index (χ1n) is 8.19. The third-order valence-electron chi connectivity index (χ3n) is 3.68. The van der Waals surface area contributed by atoms with Crippen molar-refractivity contribution in [1.82, 2.24) is 20.3 Å². The van der Waals surface area contributed by atoms with Gasteiger partial charge >= 0.3 is 0 Å². The third-order valence-corrected chi connectivity index (χ3v) is 3.91. The van der Waals surface area contributed by atoms with Gasteiger partial charge in [0.1, 0.15) is 5.69 Å². The molecule has 132 valence electrons. The van der Waals surface area contributed by atoms with Gasteiger partial charge in [-0.25, -0.2) is 9.97 Å². The number of hydrogen-bond acceptors (Lipinski definition) is 5. The van der Waals surface area contributed by atoms with Crippen LogP contribution in [0.2, 0.25) is 5.02 Å². The Labute approximate surface area is 156 Å². The van der Waals surface area contributed by atoms with E-state index in [9.17, 15) is 4.79 Å². The number of carbonyl (C=O) groups excluding carboxylic acids is 1. The Bertz CT molecular complexity index is 873. The van der Waals surface area contributed by atoms with E-state index in [0.717, 1.165) is 17.5 Å². The van der Waals surface area contributed by atoms with E-state index in [4.69, 9.17) is 11.6 Å². The molecule has 26 heavy (non-hydrogen) atoms. The van der Waals surface area contributed by atoms with Crippen molar-refractivity contribution >= 4 is 23.5 Å². The Morgan fingerprint density at radius 3 is 2.69 bits per heavy atom. The number of hydrogen-bond donors (Lipinski definition) is 2. The molecule has 0 radical (unpaired) electrons. The quantitative estimate of drug-likeness (QED) is 0.670. The van der Waals surface area contributed by atoms with E-state index in [1.165, 1.54) is 0 Å². The molecule has 0 aliphatic rings. The number of halogens is 1. The average Bonchev–Trinajstić information content (AvgIpc) is 2.67. The molecule has 0 saturated heterocycles. The maximum absolute atomic E-state index is 12.2. The summed E-state index contributed by atoms with van der Waals surface area (Å²) in [6.07, 6.45) is 5.72. The highest BCUT2D eigenvalue weighted by Gasteiger charge is 2.08. The SMILES string of the molecule is O=C(NCc1ccncc1)c1ccnc(NCCc2cccc(Cl)c2)n1. The summed E-state index contributed by atoms with van der Waals surface area (Å²) in [4.78, 5) is 24.6. The van der Waals surface area contributed by atoms with Crippen LogP contribution < -0.4 is 10.6 Å². The highest BCUT2D eigenvalue weighted by atomic mass is 35.5. The van der Waals surface area contributed by atoms with Crippen LogP contribution in [0.5, 0.6) is 0 Å². The van der Waals surface area contributed by atoms with Crippen molar-refractivity contribution in [3.05, 3.63) is 82.9 Å². The van der Waals surface area contributed by atoms with Gasteiger partial charge in [0.2, 0.25) is 5.95 Å². The predicted octanol–water partition coefficient (Wildman–Crippen LogP) is 3.11. The number of aromatic nitrogens is 3. The van der Waals surface area contributed by atoms with E-state index in [-0.39, 0.29) is 5.91 Å². The molecule has 2 aromatic heterocycles. The number of nitrogens with zero attached hydrogens (tertiary/aromatic N) is 3. The van der Waals surface area contributed by atoms with Gasteiger partial charge in [-0.15, -0.1) is 0 Å². The molecule has 0 unspecified atom stereocenters. The van der Waals surface area contributed by atoms with Crippen LogP contribution in [-0.2, 0) is 13.0 Å². The van der Waals surface area contributed by atoms with Crippen LogP contribution in [0.4, 0.5) is 5.95 Å². The van der Waals surface area contributed by atoms with Gasteiger partial charge in [0, 0.05) is 36.7 Å². The third kappa shape index (κ3) is 5.26. The van der Waals surface area contributed by atoms with Crippen LogP contribution in [0.1, 0.15) is 21.6 Å². The summed E-state index contributed by atoms with van der Waals surface area (Å²) >= 11 is 5.98. The maximum atomic E-state index is 12.2. The van der Waals surface area contributed by atoms with E-state index >= 15 is 0 Å². The molecule has 0 bridgehead atoms. The van der Waals surface area contributed by atoms with Crippen LogP contribution in [-0.4, -0.2) is 27.4 Å². The first kappa shape index (κ1) is 17.8. The van der Waals surface area contributed by atoms with E-state index in [0.29, 0.717) is 29.8 Å². The van der Waals surface area contributed by atoms with Crippen molar-refractivity contribution in [2.24, 2.45) is 0 Å². The average molecular weight is 368 g/mol. The van der Waals surface area contributed by atoms with E-state index in [1.54, 1.807) is 24.7 Å². The van der Waals surface area contributed by atoms with Gasteiger partial charge in [-0.3, -0.25) is 9.78 Å². The second-order valence-electron chi connectivity index (χ2n) is 5.61. The molecule has 2 heterocycles. The van der Waals surface area contributed by atoms with Crippen LogP contribution in [0.25, 0.3) is 0 Å². The zero-order valence-electron chi connectivity index (χ0n) is 14.0. The van der Waals surface area contributed by atoms with Crippen LogP contribution in [0.3, 0.4) is 0 Å². The van der Waals surface area contributed by atoms with E-state index in [1.807, 2.05) is 36.4 Å². The molecule has 0 atom stereocenters. The molecule has 0 spiro atoms. The number of rotatable bonds is 7. The van der Waals surface area contributed by atoms with Gasteiger partial charge in [0.25, 0.3) is 5.91 Å². The lowest BCUT2D eigenvalue weighted by atomic mass is 10.1. The van der Waals surface area contributed by atoms with Gasteiger partial charge in [0.15, 0.2) is 0 Å². The minimum atomic E-state index is -0.248. The number of anilines is 1. The van der Waals surface area contributed by atoms with Crippen molar-refractivity contribution in [2.45, 2.75) is 13.0 Å². The number of benzene rings is 1. The second kappa shape index (κ2) is 8.92. The smallest absolute Gasteiger partial charge is 0.270 e. The summed E-state index contributed by atoms with van der Waals surface area (Å²) in [5, 5.41) is 6.67. The zero-order valence-corrected chi connectivity index (χ0v) is 14.8. The topological polar surface area (TPSA) is 79.8 Å². The van der Waals surface area contributed by atoms with E-state index < -0.39 is 0 Å². The van der Waals surface area contributed by atoms with Gasteiger partial charge in [-0.2, -0.15) is 0 Å². The lowest BCUT2D eigenvalue weighted by Crippen LogP contribution is -2.24. The molecule has 1 amide bonds. The minimum Gasteiger partial charge on any atom is -0.354 e. The largest absolute Gasteiger partial charge is 0.354 e. The Kier molecular flexibility index (Phi) is 6.11. The first-order valence-corrected chi connectivity index (χ1v) is 8.57. The molecule has 2 N–H and O–H groups in total. The summed E-state index contributed by atoms with van der Waals surface area (Å²) in [6, 6.07) is 13.0. The molecular weight excluding hydrogens is 350 g/mol. The summed E-state index contributed by atoms with van der Waals surface area (Å²) in [6.45, 7) is 1.06. The Morgan fingerprint density at radius 1 is 1.04 bits per heavy atom. The second-order valence-corrected chi connectivity index (χ2v) is 6.05. The molecule has 3 aromatic rings. The van der Waals surface area contributed by atoms with Gasteiger partial charge in [0.05, 0.1) is 0 Å². The summed E-state index contributed by atoms with van der Waals surface area (Å²) in [5.41, 5.74) is 2.41. The zero-order chi connectivity index (χ0) is 18.2. The normalized spacial score (nSPS) is 10.3. The molecule has 6 nitrogen and oxygen atoms in total. The van der Waals surface area contributed by atoms with Crippen molar-refractivity contribution < 1.29 is 4.79 Å². The fourth-order valence-corrected chi connectivity index (χ4v) is 2.57. The molecule has 0 aliphatic heterocycles.